The van der Waals surface area contributed by atoms with Crippen molar-refractivity contribution >= 4 is 17.5 Å². The standard InChI is InChI=1S/C17H19N3O2/c1-12(2)16(21)20-15-8-4-3-7-14(15)17(22)19-11-13-6-5-9-18-10-13/h3-10,12H,11H2,1-2H3,(H,19,22)(H,20,21). The summed E-state index contributed by atoms with van der Waals surface area (Å²) in [7, 11) is 0. The Morgan fingerprint density at radius 1 is 1.14 bits per heavy atom. The third kappa shape index (κ3) is 4.15. The fourth-order valence-electron chi connectivity index (χ4n) is 1.85. The van der Waals surface area contributed by atoms with Crippen LogP contribution in [-0.2, 0) is 11.3 Å². The van der Waals surface area contributed by atoms with E-state index in [1.807, 2.05) is 12.1 Å². The first-order valence-electron chi connectivity index (χ1n) is 7.15. The topological polar surface area (TPSA) is 71.1 Å². The van der Waals surface area contributed by atoms with Crippen LogP contribution in [-0.4, -0.2) is 16.8 Å². The highest BCUT2D eigenvalue weighted by Gasteiger charge is 2.14. The van der Waals surface area contributed by atoms with Crippen molar-refractivity contribution in [1.82, 2.24) is 10.3 Å². The molecule has 2 amide bonds. The maximum Gasteiger partial charge on any atom is 0.253 e. The smallest absolute Gasteiger partial charge is 0.253 e. The first-order valence-corrected chi connectivity index (χ1v) is 7.15. The van der Waals surface area contributed by atoms with Crippen molar-refractivity contribution in [2.75, 3.05) is 5.32 Å². The number of nitrogens with one attached hydrogen (secondary N) is 2. The molecule has 2 N–H and O–H groups in total. The molecule has 114 valence electrons. The number of hydrogen-bond acceptors (Lipinski definition) is 3. The number of amides is 2. The van der Waals surface area contributed by atoms with Crippen LogP contribution in [0, 0.1) is 5.92 Å². The first kappa shape index (κ1) is 15.7. The number of rotatable bonds is 5. The zero-order chi connectivity index (χ0) is 15.9. The van der Waals surface area contributed by atoms with Gasteiger partial charge < -0.3 is 10.6 Å². The van der Waals surface area contributed by atoms with Crippen molar-refractivity contribution in [3.8, 4) is 0 Å². The van der Waals surface area contributed by atoms with Gasteiger partial charge in [0.25, 0.3) is 5.91 Å². The monoisotopic (exact) mass is 297 g/mol. The molecule has 1 aromatic carbocycles. The van der Waals surface area contributed by atoms with Crippen LogP contribution >= 0.6 is 0 Å². The van der Waals surface area contributed by atoms with Gasteiger partial charge in [-0.3, -0.25) is 14.6 Å². The number of anilines is 1. The lowest BCUT2D eigenvalue weighted by Crippen LogP contribution is -2.25. The molecule has 1 aromatic heterocycles. The molecule has 0 spiro atoms. The van der Waals surface area contributed by atoms with E-state index in [9.17, 15) is 9.59 Å². The van der Waals surface area contributed by atoms with Crippen LogP contribution in [0.4, 0.5) is 5.69 Å². The summed E-state index contributed by atoms with van der Waals surface area (Å²) in [5, 5.41) is 5.60. The summed E-state index contributed by atoms with van der Waals surface area (Å²) in [5.74, 6) is -0.498. The number of carbonyl (C=O) groups is 2. The fourth-order valence-corrected chi connectivity index (χ4v) is 1.85. The average Bonchev–Trinajstić information content (AvgIpc) is 2.54. The molecule has 0 aliphatic rings. The van der Waals surface area contributed by atoms with E-state index >= 15 is 0 Å². The van der Waals surface area contributed by atoms with Crippen molar-refractivity contribution < 1.29 is 9.59 Å². The molecule has 0 atom stereocenters. The van der Waals surface area contributed by atoms with E-state index in [0.29, 0.717) is 17.8 Å². The van der Waals surface area contributed by atoms with E-state index < -0.39 is 0 Å². The molecular formula is C17H19N3O2. The molecule has 5 nitrogen and oxygen atoms in total. The van der Waals surface area contributed by atoms with Gasteiger partial charge in [-0.15, -0.1) is 0 Å². The van der Waals surface area contributed by atoms with E-state index in [1.165, 1.54) is 0 Å². The summed E-state index contributed by atoms with van der Waals surface area (Å²) in [6.45, 7) is 4.00. The highest BCUT2D eigenvalue weighted by molar-refractivity contribution is 6.04. The van der Waals surface area contributed by atoms with Crippen LogP contribution in [0.25, 0.3) is 0 Å². The third-order valence-electron chi connectivity index (χ3n) is 3.13. The molecular weight excluding hydrogens is 278 g/mol. The zero-order valence-electron chi connectivity index (χ0n) is 12.7. The first-order chi connectivity index (χ1) is 10.6. The SMILES string of the molecule is CC(C)C(=O)Nc1ccccc1C(=O)NCc1cccnc1. The van der Waals surface area contributed by atoms with Crippen molar-refractivity contribution in [3.63, 3.8) is 0 Å². The summed E-state index contributed by atoms with van der Waals surface area (Å²) in [6.07, 6.45) is 3.38. The lowest BCUT2D eigenvalue weighted by atomic mass is 10.1. The molecule has 0 aliphatic carbocycles. The Kier molecular flexibility index (Phi) is 5.25. The Hall–Kier alpha value is -2.69. The molecule has 2 aromatic rings. The molecule has 0 bridgehead atoms. The molecule has 5 heteroatoms. The maximum absolute atomic E-state index is 12.3. The van der Waals surface area contributed by atoms with E-state index in [-0.39, 0.29) is 17.7 Å². The van der Waals surface area contributed by atoms with E-state index in [2.05, 4.69) is 15.6 Å². The Morgan fingerprint density at radius 2 is 1.91 bits per heavy atom. The predicted octanol–water partition coefficient (Wildman–Crippen LogP) is 2.61. The van der Waals surface area contributed by atoms with Gasteiger partial charge in [0.1, 0.15) is 0 Å². The Morgan fingerprint density at radius 3 is 2.59 bits per heavy atom. The van der Waals surface area contributed by atoms with Crippen LogP contribution in [0.2, 0.25) is 0 Å². The largest absolute Gasteiger partial charge is 0.348 e. The summed E-state index contributed by atoms with van der Waals surface area (Å²) in [5.41, 5.74) is 1.88. The summed E-state index contributed by atoms with van der Waals surface area (Å²) in [4.78, 5) is 28.1. The second-order valence-corrected chi connectivity index (χ2v) is 5.23. The lowest BCUT2D eigenvalue weighted by Gasteiger charge is -2.12. The molecule has 22 heavy (non-hydrogen) atoms. The predicted molar refractivity (Wildman–Crippen MR) is 85.3 cm³/mol. The molecule has 0 aliphatic heterocycles. The molecule has 2 rings (SSSR count). The number of para-hydroxylation sites is 1. The van der Waals surface area contributed by atoms with E-state index in [1.54, 1.807) is 50.5 Å². The second kappa shape index (κ2) is 7.36. The van der Waals surface area contributed by atoms with Gasteiger partial charge in [-0.2, -0.15) is 0 Å². The minimum Gasteiger partial charge on any atom is -0.348 e. The summed E-state index contributed by atoms with van der Waals surface area (Å²) < 4.78 is 0. The van der Waals surface area contributed by atoms with E-state index in [4.69, 9.17) is 0 Å². The molecule has 0 fully saturated rings. The van der Waals surface area contributed by atoms with Crippen LogP contribution in [0.15, 0.2) is 48.8 Å². The molecule has 0 saturated carbocycles. The maximum atomic E-state index is 12.3. The Bertz CT molecular complexity index is 654. The van der Waals surface area contributed by atoms with Gasteiger partial charge in [0.05, 0.1) is 11.3 Å². The minimum atomic E-state index is -0.233. The van der Waals surface area contributed by atoms with Crippen LogP contribution in [0.1, 0.15) is 29.8 Å². The molecule has 0 saturated heterocycles. The highest BCUT2D eigenvalue weighted by atomic mass is 16.2. The van der Waals surface area contributed by atoms with Gasteiger partial charge in [0, 0.05) is 24.9 Å². The van der Waals surface area contributed by atoms with Crippen molar-refractivity contribution in [2.24, 2.45) is 5.92 Å². The van der Waals surface area contributed by atoms with Gasteiger partial charge >= 0.3 is 0 Å². The number of pyridine rings is 1. The summed E-state index contributed by atoms with van der Waals surface area (Å²) in [6, 6.07) is 10.7. The Labute approximate surface area is 129 Å². The fraction of sp³-hybridized carbons (Fsp3) is 0.235. The number of aromatic nitrogens is 1. The number of carbonyl (C=O) groups excluding carboxylic acids is 2. The van der Waals surface area contributed by atoms with Crippen LogP contribution in [0.5, 0.6) is 0 Å². The van der Waals surface area contributed by atoms with E-state index in [0.717, 1.165) is 5.56 Å². The molecule has 0 radical (unpaired) electrons. The number of hydrogen-bond donors (Lipinski definition) is 2. The number of nitrogens with zero attached hydrogens (tertiary/aromatic N) is 1. The average molecular weight is 297 g/mol. The van der Waals surface area contributed by atoms with Gasteiger partial charge in [0.15, 0.2) is 0 Å². The van der Waals surface area contributed by atoms with Crippen molar-refractivity contribution in [3.05, 3.63) is 59.9 Å². The zero-order valence-corrected chi connectivity index (χ0v) is 12.7. The second-order valence-electron chi connectivity index (χ2n) is 5.23. The normalized spacial score (nSPS) is 10.3. The van der Waals surface area contributed by atoms with Gasteiger partial charge in [0.2, 0.25) is 5.91 Å². The molecule has 1 heterocycles. The van der Waals surface area contributed by atoms with Gasteiger partial charge in [-0.05, 0) is 23.8 Å². The Balaban J connectivity index is 2.07. The highest BCUT2D eigenvalue weighted by Crippen LogP contribution is 2.16. The summed E-state index contributed by atoms with van der Waals surface area (Å²) >= 11 is 0. The van der Waals surface area contributed by atoms with Crippen LogP contribution in [0.3, 0.4) is 0 Å². The minimum absolute atomic E-state index is 0.118. The van der Waals surface area contributed by atoms with Gasteiger partial charge in [-0.25, -0.2) is 0 Å². The quantitative estimate of drug-likeness (QED) is 0.891. The van der Waals surface area contributed by atoms with Crippen LogP contribution < -0.4 is 10.6 Å². The molecule has 0 unspecified atom stereocenters. The van der Waals surface area contributed by atoms with Gasteiger partial charge in [-0.1, -0.05) is 32.0 Å². The van der Waals surface area contributed by atoms with Crippen molar-refractivity contribution in [1.29, 1.82) is 0 Å². The third-order valence-corrected chi connectivity index (χ3v) is 3.13. The number of benzene rings is 1. The lowest BCUT2D eigenvalue weighted by molar-refractivity contribution is -0.118. The van der Waals surface area contributed by atoms with Crippen molar-refractivity contribution in [2.45, 2.75) is 20.4 Å².